The van der Waals surface area contributed by atoms with Crippen LogP contribution in [-0.4, -0.2) is 83.9 Å². The van der Waals surface area contributed by atoms with Gasteiger partial charge in [-0.25, -0.2) is 9.18 Å². The van der Waals surface area contributed by atoms with Crippen molar-refractivity contribution >= 4 is 11.9 Å². The minimum atomic E-state index is -0.284. The normalized spacial score (nSPS) is 18.7. The molecule has 0 saturated carbocycles. The Bertz CT molecular complexity index is 629. The van der Waals surface area contributed by atoms with Gasteiger partial charge >= 0.3 is 6.03 Å². The van der Waals surface area contributed by atoms with Crippen LogP contribution in [0.25, 0.3) is 0 Å². The van der Waals surface area contributed by atoms with Gasteiger partial charge < -0.3 is 14.7 Å². The number of piperazine rings is 1. The average molecular weight is 362 g/mol. The third kappa shape index (κ3) is 4.52. The predicted molar refractivity (Wildman–Crippen MR) is 97.1 cm³/mol. The van der Waals surface area contributed by atoms with Gasteiger partial charge in [-0.05, 0) is 30.7 Å². The van der Waals surface area contributed by atoms with Crippen molar-refractivity contribution in [2.45, 2.75) is 19.9 Å². The summed E-state index contributed by atoms with van der Waals surface area (Å²) in [5, 5.41) is 0. The molecule has 0 N–H and O–H groups in total. The zero-order valence-corrected chi connectivity index (χ0v) is 15.4. The van der Waals surface area contributed by atoms with Crippen molar-refractivity contribution in [3.63, 3.8) is 0 Å². The maximum absolute atomic E-state index is 13.0. The first kappa shape index (κ1) is 18.6. The Balaban J connectivity index is 1.47. The molecule has 2 aliphatic heterocycles. The number of nitrogens with zero attached hydrogens (tertiary/aromatic N) is 4. The molecule has 1 aromatic carbocycles. The number of benzene rings is 1. The lowest BCUT2D eigenvalue weighted by molar-refractivity contribution is -0.133. The van der Waals surface area contributed by atoms with Crippen LogP contribution in [0.5, 0.6) is 0 Å². The Hall–Kier alpha value is -2.15. The van der Waals surface area contributed by atoms with E-state index in [9.17, 15) is 14.0 Å². The predicted octanol–water partition coefficient (Wildman–Crippen LogP) is 1.62. The van der Waals surface area contributed by atoms with Crippen LogP contribution in [0.15, 0.2) is 24.3 Å². The lowest BCUT2D eigenvalue weighted by atomic mass is 10.2. The number of carbonyl (C=O) groups is 2. The number of rotatable bonds is 6. The first-order valence-corrected chi connectivity index (χ1v) is 9.35. The summed E-state index contributed by atoms with van der Waals surface area (Å²) in [4.78, 5) is 32.6. The Morgan fingerprint density at radius 2 is 1.65 bits per heavy atom. The Kier molecular flexibility index (Phi) is 6.08. The molecular weight excluding hydrogens is 335 g/mol. The van der Waals surface area contributed by atoms with Crippen molar-refractivity contribution in [1.29, 1.82) is 0 Å². The smallest absolute Gasteiger partial charge is 0.320 e. The molecule has 1 aromatic rings. The zero-order valence-electron chi connectivity index (χ0n) is 15.4. The summed E-state index contributed by atoms with van der Waals surface area (Å²) in [6.07, 6.45) is 1.13. The van der Waals surface area contributed by atoms with Crippen molar-refractivity contribution in [3.05, 3.63) is 35.6 Å². The number of hydrogen-bond donors (Lipinski definition) is 0. The van der Waals surface area contributed by atoms with Gasteiger partial charge in [-0.15, -0.1) is 0 Å². The monoisotopic (exact) mass is 362 g/mol. The first-order chi connectivity index (χ1) is 12.6. The third-order valence-electron chi connectivity index (χ3n) is 5.06. The number of urea groups is 1. The maximum Gasteiger partial charge on any atom is 0.320 e. The van der Waals surface area contributed by atoms with Crippen molar-refractivity contribution in [2.24, 2.45) is 0 Å². The topological polar surface area (TPSA) is 47.1 Å². The van der Waals surface area contributed by atoms with E-state index in [0.717, 1.165) is 44.7 Å². The molecule has 3 amide bonds. The molecule has 0 radical (unpaired) electrons. The van der Waals surface area contributed by atoms with Gasteiger partial charge in [-0.3, -0.25) is 9.69 Å². The van der Waals surface area contributed by atoms with Gasteiger partial charge in [0.15, 0.2) is 0 Å². The highest BCUT2D eigenvalue weighted by Crippen LogP contribution is 2.14. The molecule has 0 atom stereocenters. The molecule has 0 unspecified atom stereocenters. The molecule has 0 spiro atoms. The number of hydrogen-bond acceptors (Lipinski definition) is 3. The maximum atomic E-state index is 13.0. The molecule has 0 aliphatic carbocycles. The molecule has 142 valence electrons. The lowest BCUT2D eigenvalue weighted by Gasteiger charge is -2.35. The Morgan fingerprint density at radius 3 is 2.31 bits per heavy atom. The van der Waals surface area contributed by atoms with Gasteiger partial charge in [0.05, 0.1) is 0 Å². The van der Waals surface area contributed by atoms with E-state index in [2.05, 4.69) is 11.8 Å². The molecule has 0 bridgehead atoms. The number of amides is 3. The van der Waals surface area contributed by atoms with Crippen LogP contribution in [0, 0.1) is 5.82 Å². The summed E-state index contributed by atoms with van der Waals surface area (Å²) < 4.78 is 13.0. The van der Waals surface area contributed by atoms with Crippen molar-refractivity contribution in [1.82, 2.24) is 19.6 Å². The fraction of sp³-hybridized carbons (Fsp3) is 0.579. The summed E-state index contributed by atoms with van der Waals surface area (Å²) in [6.45, 7) is 8.26. The van der Waals surface area contributed by atoms with E-state index in [1.165, 1.54) is 12.1 Å². The lowest BCUT2D eigenvalue weighted by Crippen LogP contribution is -2.51. The third-order valence-corrected chi connectivity index (χ3v) is 5.06. The molecule has 7 heteroatoms. The van der Waals surface area contributed by atoms with Crippen LogP contribution in [0.1, 0.15) is 18.9 Å². The Labute approximate surface area is 154 Å². The quantitative estimate of drug-likeness (QED) is 0.773. The zero-order chi connectivity index (χ0) is 18.5. The summed E-state index contributed by atoms with van der Waals surface area (Å²) >= 11 is 0. The van der Waals surface area contributed by atoms with Crippen LogP contribution < -0.4 is 0 Å². The fourth-order valence-corrected chi connectivity index (χ4v) is 3.54. The van der Waals surface area contributed by atoms with E-state index in [1.807, 2.05) is 4.90 Å². The second kappa shape index (κ2) is 8.49. The van der Waals surface area contributed by atoms with Gasteiger partial charge in [-0.1, -0.05) is 19.1 Å². The SMILES string of the molecule is CCCN1CCN(C(=O)CN2CCN(Cc3ccc(F)cc3)C2=O)CC1. The summed E-state index contributed by atoms with van der Waals surface area (Å²) in [5.41, 5.74) is 0.889. The summed E-state index contributed by atoms with van der Waals surface area (Å²) in [7, 11) is 0. The molecule has 26 heavy (non-hydrogen) atoms. The second-order valence-electron chi connectivity index (χ2n) is 6.97. The highest BCUT2D eigenvalue weighted by atomic mass is 19.1. The van der Waals surface area contributed by atoms with E-state index in [4.69, 9.17) is 0 Å². The highest BCUT2D eigenvalue weighted by molar-refractivity contribution is 5.85. The average Bonchev–Trinajstić information content (AvgIpc) is 2.98. The molecule has 2 fully saturated rings. The van der Waals surface area contributed by atoms with Crippen molar-refractivity contribution in [2.75, 3.05) is 52.4 Å². The van der Waals surface area contributed by atoms with E-state index in [1.54, 1.807) is 21.9 Å². The van der Waals surface area contributed by atoms with Gasteiger partial charge in [-0.2, -0.15) is 0 Å². The summed E-state index contributed by atoms with van der Waals surface area (Å²) in [5.74, 6) is -0.258. The molecule has 2 aliphatic rings. The number of halogens is 1. The fourth-order valence-electron chi connectivity index (χ4n) is 3.54. The largest absolute Gasteiger partial charge is 0.339 e. The minimum absolute atomic E-state index is 0.0260. The van der Waals surface area contributed by atoms with Crippen molar-refractivity contribution < 1.29 is 14.0 Å². The van der Waals surface area contributed by atoms with E-state index in [0.29, 0.717) is 19.6 Å². The van der Waals surface area contributed by atoms with Crippen molar-refractivity contribution in [3.8, 4) is 0 Å². The highest BCUT2D eigenvalue weighted by Gasteiger charge is 2.31. The second-order valence-corrected chi connectivity index (χ2v) is 6.97. The minimum Gasteiger partial charge on any atom is -0.339 e. The first-order valence-electron chi connectivity index (χ1n) is 9.35. The molecule has 3 rings (SSSR count). The van der Waals surface area contributed by atoms with Gasteiger partial charge in [0.2, 0.25) is 5.91 Å². The van der Waals surface area contributed by atoms with Gasteiger partial charge in [0.1, 0.15) is 12.4 Å². The van der Waals surface area contributed by atoms with Crippen LogP contribution in [0.4, 0.5) is 9.18 Å². The number of carbonyl (C=O) groups excluding carboxylic acids is 2. The molecular formula is C19H27FN4O2. The van der Waals surface area contributed by atoms with Crippen LogP contribution in [0.2, 0.25) is 0 Å². The Morgan fingerprint density at radius 1 is 1.00 bits per heavy atom. The molecule has 2 heterocycles. The standard InChI is InChI=1S/C19H27FN4O2/c1-2-7-21-8-10-22(11-9-21)18(25)15-24-13-12-23(19(24)26)14-16-3-5-17(20)6-4-16/h3-6H,2,7-15H2,1H3. The molecule has 0 aromatic heterocycles. The molecule has 2 saturated heterocycles. The van der Waals surface area contributed by atoms with Crippen LogP contribution in [0.3, 0.4) is 0 Å². The van der Waals surface area contributed by atoms with Gasteiger partial charge in [0, 0.05) is 45.8 Å². The van der Waals surface area contributed by atoms with Crippen LogP contribution in [-0.2, 0) is 11.3 Å². The van der Waals surface area contributed by atoms with Gasteiger partial charge in [0.25, 0.3) is 0 Å². The molecule has 6 nitrogen and oxygen atoms in total. The summed E-state index contributed by atoms with van der Waals surface area (Å²) in [6, 6.07) is 6.05. The van der Waals surface area contributed by atoms with Crippen LogP contribution >= 0.6 is 0 Å². The van der Waals surface area contributed by atoms with E-state index in [-0.39, 0.29) is 24.3 Å². The van der Waals surface area contributed by atoms with E-state index >= 15 is 0 Å². The van der Waals surface area contributed by atoms with E-state index < -0.39 is 0 Å².